The van der Waals surface area contributed by atoms with Crippen molar-refractivity contribution in [2.24, 2.45) is 28.7 Å². The van der Waals surface area contributed by atoms with Crippen molar-refractivity contribution in [1.82, 2.24) is 0 Å². The molecule has 1 aromatic carbocycles. The maximum atomic E-state index is 11.2. The maximum absolute atomic E-state index is 11.2. The first kappa shape index (κ1) is 11.4. The minimum Gasteiger partial charge on any atom is -0.298 e. The summed E-state index contributed by atoms with van der Waals surface area (Å²) in [5.74, 6) is 3.38. The molecule has 1 heterocycles. The second kappa shape index (κ2) is 4.03. The number of nitrogens with zero attached hydrogens (tertiary/aromatic N) is 1. The lowest BCUT2D eigenvalue weighted by Crippen LogP contribution is -2.54. The van der Waals surface area contributed by atoms with Crippen LogP contribution in [0.3, 0.4) is 0 Å². The fourth-order valence-electron chi connectivity index (χ4n) is 4.40. The van der Waals surface area contributed by atoms with Gasteiger partial charge in [-0.25, -0.2) is 0 Å². The summed E-state index contributed by atoms with van der Waals surface area (Å²) in [6, 6.07) is 6.32. The second-order valence-electron chi connectivity index (χ2n) is 6.21. The quantitative estimate of drug-likeness (QED) is 0.761. The van der Waals surface area contributed by atoms with E-state index in [1.165, 1.54) is 24.1 Å². The molecule has 2 heteroatoms. The smallest absolute Gasteiger partial charge is 0.150 e. The van der Waals surface area contributed by atoms with Gasteiger partial charge in [-0.2, -0.15) is 0 Å². The third-order valence-electron chi connectivity index (χ3n) is 5.59. The predicted molar refractivity (Wildman–Crippen MR) is 75.8 cm³/mol. The molecule has 4 atom stereocenters. The predicted octanol–water partition coefficient (Wildman–Crippen LogP) is 3.14. The summed E-state index contributed by atoms with van der Waals surface area (Å²) in [7, 11) is 0. The van der Waals surface area contributed by atoms with Crippen LogP contribution in [0, 0.1) is 23.7 Å². The van der Waals surface area contributed by atoms with Gasteiger partial charge in [0.05, 0.1) is 0 Å². The van der Waals surface area contributed by atoms with Crippen LogP contribution in [0.15, 0.2) is 23.2 Å². The number of fused-ring (bicyclic) bond motifs is 4. The van der Waals surface area contributed by atoms with Crippen LogP contribution < -0.4 is 0 Å². The van der Waals surface area contributed by atoms with Gasteiger partial charge in [-0.1, -0.05) is 19.1 Å². The van der Waals surface area contributed by atoms with E-state index in [0.29, 0.717) is 5.92 Å². The summed E-state index contributed by atoms with van der Waals surface area (Å²) in [5.41, 5.74) is 4.47. The SMILES string of the molecule is CCc1ccc(C2=NCC3C4CCC4C23)cc1C=O. The van der Waals surface area contributed by atoms with E-state index < -0.39 is 0 Å². The van der Waals surface area contributed by atoms with E-state index in [9.17, 15) is 4.79 Å². The zero-order valence-corrected chi connectivity index (χ0v) is 11.3. The van der Waals surface area contributed by atoms with Gasteiger partial charge in [0.2, 0.25) is 0 Å². The Morgan fingerprint density at radius 3 is 2.79 bits per heavy atom. The van der Waals surface area contributed by atoms with Crippen molar-refractivity contribution in [2.75, 3.05) is 6.54 Å². The molecule has 98 valence electrons. The fraction of sp³-hybridized carbons (Fsp3) is 0.529. The number of carbonyl (C=O) groups is 1. The molecule has 0 aromatic heterocycles. The highest BCUT2D eigenvalue weighted by Gasteiger charge is 2.58. The molecular weight excluding hydrogens is 234 g/mol. The number of aryl methyl sites for hydroxylation is 1. The van der Waals surface area contributed by atoms with Crippen LogP contribution in [0.1, 0.15) is 41.3 Å². The highest BCUT2D eigenvalue weighted by Crippen LogP contribution is 2.61. The Kier molecular flexibility index (Phi) is 2.41. The lowest BCUT2D eigenvalue weighted by atomic mass is 9.46. The lowest BCUT2D eigenvalue weighted by molar-refractivity contribution is -0.0507. The van der Waals surface area contributed by atoms with E-state index in [0.717, 1.165) is 48.1 Å². The summed E-state index contributed by atoms with van der Waals surface area (Å²) >= 11 is 0. The normalized spacial score (nSPS) is 34.7. The molecule has 0 bridgehead atoms. The zero-order valence-electron chi connectivity index (χ0n) is 11.3. The summed E-state index contributed by atoms with van der Waals surface area (Å²) in [6.45, 7) is 3.11. The molecule has 0 spiro atoms. The Morgan fingerprint density at radius 1 is 1.26 bits per heavy atom. The number of carbonyl (C=O) groups excluding carboxylic acids is 1. The van der Waals surface area contributed by atoms with Crippen LogP contribution in [0.5, 0.6) is 0 Å². The van der Waals surface area contributed by atoms with Crippen molar-refractivity contribution >= 4 is 12.0 Å². The minimum absolute atomic E-state index is 0.700. The molecule has 0 N–H and O–H groups in total. The summed E-state index contributed by atoms with van der Waals surface area (Å²) < 4.78 is 0. The average molecular weight is 253 g/mol. The van der Waals surface area contributed by atoms with Crippen molar-refractivity contribution in [1.29, 1.82) is 0 Å². The van der Waals surface area contributed by atoms with Crippen molar-refractivity contribution in [3.05, 3.63) is 34.9 Å². The van der Waals surface area contributed by atoms with Crippen LogP contribution in [-0.4, -0.2) is 18.5 Å². The van der Waals surface area contributed by atoms with Crippen LogP contribution in [-0.2, 0) is 6.42 Å². The molecule has 2 fully saturated rings. The third kappa shape index (κ3) is 1.43. The summed E-state index contributed by atoms with van der Waals surface area (Å²) in [4.78, 5) is 16.0. The van der Waals surface area contributed by atoms with Crippen molar-refractivity contribution in [3.63, 3.8) is 0 Å². The number of benzene rings is 1. The van der Waals surface area contributed by atoms with Crippen LogP contribution in [0.2, 0.25) is 0 Å². The molecule has 2 saturated carbocycles. The number of hydrogen-bond donors (Lipinski definition) is 0. The van der Waals surface area contributed by atoms with E-state index in [2.05, 4.69) is 25.1 Å². The number of aliphatic imine (C=N–C) groups is 1. The monoisotopic (exact) mass is 253 g/mol. The summed E-state index contributed by atoms with van der Waals surface area (Å²) in [6.07, 6.45) is 4.71. The van der Waals surface area contributed by atoms with E-state index in [1.807, 2.05) is 0 Å². The van der Waals surface area contributed by atoms with E-state index in [-0.39, 0.29) is 0 Å². The van der Waals surface area contributed by atoms with E-state index in [1.54, 1.807) is 0 Å². The first-order valence-electron chi connectivity index (χ1n) is 7.46. The van der Waals surface area contributed by atoms with Gasteiger partial charge >= 0.3 is 0 Å². The highest BCUT2D eigenvalue weighted by atomic mass is 16.1. The van der Waals surface area contributed by atoms with Crippen LogP contribution >= 0.6 is 0 Å². The third-order valence-corrected chi connectivity index (χ3v) is 5.59. The highest BCUT2D eigenvalue weighted by molar-refractivity contribution is 6.05. The fourth-order valence-corrected chi connectivity index (χ4v) is 4.40. The van der Waals surface area contributed by atoms with Gasteiger partial charge in [-0.15, -0.1) is 0 Å². The number of aldehydes is 1. The minimum atomic E-state index is 0.700. The molecule has 19 heavy (non-hydrogen) atoms. The molecule has 2 aliphatic carbocycles. The Labute approximate surface area is 113 Å². The standard InChI is InChI=1S/C17H19NO/c1-2-10-3-4-11(7-12(10)9-19)17-16-14-6-5-13(14)15(16)8-18-17/h3-4,7,9,13-16H,2,5-6,8H2,1H3. The van der Waals surface area contributed by atoms with Gasteiger partial charge in [0.15, 0.2) is 0 Å². The maximum Gasteiger partial charge on any atom is 0.150 e. The van der Waals surface area contributed by atoms with Crippen molar-refractivity contribution in [2.45, 2.75) is 26.2 Å². The van der Waals surface area contributed by atoms with Gasteiger partial charge in [0.25, 0.3) is 0 Å². The molecular formula is C17H19NO. The average Bonchev–Trinajstić information content (AvgIpc) is 2.78. The molecule has 0 saturated heterocycles. The lowest BCUT2D eigenvalue weighted by Gasteiger charge is -2.57. The molecule has 4 unspecified atom stereocenters. The molecule has 0 radical (unpaired) electrons. The van der Waals surface area contributed by atoms with E-state index in [4.69, 9.17) is 4.99 Å². The molecule has 0 amide bonds. The van der Waals surface area contributed by atoms with E-state index >= 15 is 0 Å². The summed E-state index contributed by atoms with van der Waals surface area (Å²) in [5, 5.41) is 0. The Hall–Kier alpha value is -1.44. The first-order valence-corrected chi connectivity index (χ1v) is 7.46. The van der Waals surface area contributed by atoms with Gasteiger partial charge in [-0.3, -0.25) is 9.79 Å². The topological polar surface area (TPSA) is 29.4 Å². The molecule has 3 aliphatic rings. The molecule has 2 nitrogen and oxygen atoms in total. The molecule has 1 aromatic rings. The zero-order chi connectivity index (χ0) is 13.0. The Balaban J connectivity index is 1.68. The van der Waals surface area contributed by atoms with Gasteiger partial charge in [0, 0.05) is 23.7 Å². The first-order chi connectivity index (χ1) is 9.33. The second-order valence-corrected chi connectivity index (χ2v) is 6.21. The Morgan fingerprint density at radius 2 is 2.11 bits per heavy atom. The molecule has 1 aliphatic heterocycles. The number of hydrogen-bond acceptors (Lipinski definition) is 2. The van der Waals surface area contributed by atoms with Gasteiger partial charge in [0.1, 0.15) is 6.29 Å². The van der Waals surface area contributed by atoms with Gasteiger partial charge < -0.3 is 0 Å². The van der Waals surface area contributed by atoms with Crippen molar-refractivity contribution in [3.8, 4) is 0 Å². The van der Waals surface area contributed by atoms with Gasteiger partial charge in [-0.05, 0) is 54.2 Å². The van der Waals surface area contributed by atoms with Crippen molar-refractivity contribution < 1.29 is 4.79 Å². The number of rotatable bonds is 3. The molecule has 4 rings (SSSR count). The largest absolute Gasteiger partial charge is 0.298 e. The Bertz CT molecular complexity index is 575. The van der Waals surface area contributed by atoms with Crippen LogP contribution in [0.4, 0.5) is 0 Å². The van der Waals surface area contributed by atoms with Crippen LogP contribution in [0.25, 0.3) is 0 Å².